The lowest BCUT2D eigenvalue weighted by molar-refractivity contribution is -0.122. The molecule has 20 heavy (non-hydrogen) atoms. The summed E-state index contributed by atoms with van der Waals surface area (Å²) in [5.41, 5.74) is 2.39. The summed E-state index contributed by atoms with van der Waals surface area (Å²) in [6.07, 6.45) is 1.11. The van der Waals surface area contributed by atoms with Crippen molar-refractivity contribution in [2.75, 3.05) is 32.7 Å². The molecule has 0 radical (unpaired) electrons. The highest BCUT2D eigenvalue weighted by atomic mass is 16.2. The zero-order chi connectivity index (χ0) is 14.4. The Morgan fingerprint density at radius 3 is 3.05 bits per heavy atom. The van der Waals surface area contributed by atoms with Crippen LogP contribution in [0.4, 0.5) is 0 Å². The van der Waals surface area contributed by atoms with Crippen LogP contribution >= 0.6 is 0 Å². The number of hydrogen-bond donors (Lipinski definition) is 2. The molecule has 0 bridgehead atoms. The summed E-state index contributed by atoms with van der Waals surface area (Å²) in [7, 11) is 0. The van der Waals surface area contributed by atoms with Crippen LogP contribution in [0.1, 0.15) is 30.5 Å². The van der Waals surface area contributed by atoms with Crippen LogP contribution in [-0.2, 0) is 4.79 Å². The Labute approximate surface area is 121 Å². The van der Waals surface area contributed by atoms with Gasteiger partial charge in [-0.05, 0) is 38.9 Å². The zero-order valence-electron chi connectivity index (χ0n) is 12.5. The molecule has 0 aliphatic carbocycles. The van der Waals surface area contributed by atoms with Crippen molar-refractivity contribution in [2.45, 2.75) is 26.3 Å². The average Bonchev–Trinajstić information content (AvgIpc) is 2.67. The number of nitrogens with zero attached hydrogens (tertiary/aromatic N) is 1. The van der Waals surface area contributed by atoms with Gasteiger partial charge in [-0.15, -0.1) is 0 Å². The molecule has 0 saturated carbocycles. The first-order valence-electron chi connectivity index (χ1n) is 7.44. The van der Waals surface area contributed by atoms with Gasteiger partial charge in [-0.3, -0.25) is 9.69 Å². The largest absolute Gasteiger partial charge is 0.348 e. The summed E-state index contributed by atoms with van der Waals surface area (Å²) < 4.78 is 0. The summed E-state index contributed by atoms with van der Waals surface area (Å²) in [5.74, 6) is 0.112. The van der Waals surface area contributed by atoms with Crippen molar-refractivity contribution in [3.63, 3.8) is 0 Å². The molecule has 2 N–H and O–H groups in total. The molecule has 4 heteroatoms. The summed E-state index contributed by atoms with van der Waals surface area (Å²) >= 11 is 0. The van der Waals surface area contributed by atoms with Crippen molar-refractivity contribution in [3.05, 3.63) is 35.4 Å². The Hall–Kier alpha value is -1.39. The molecule has 1 amide bonds. The van der Waals surface area contributed by atoms with Gasteiger partial charge in [-0.25, -0.2) is 0 Å². The normalized spacial score (nSPS) is 18.3. The first-order chi connectivity index (χ1) is 9.65. The molecule has 0 spiro atoms. The van der Waals surface area contributed by atoms with E-state index in [2.05, 4.69) is 40.7 Å². The molecular weight excluding hydrogens is 250 g/mol. The van der Waals surface area contributed by atoms with Crippen LogP contribution in [0.15, 0.2) is 24.3 Å². The first kappa shape index (κ1) is 15.0. The summed E-state index contributed by atoms with van der Waals surface area (Å²) in [6.45, 7) is 8.58. The Morgan fingerprint density at radius 2 is 2.25 bits per heavy atom. The van der Waals surface area contributed by atoms with E-state index in [0.29, 0.717) is 6.54 Å². The number of amides is 1. The summed E-state index contributed by atoms with van der Waals surface area (Å²) in [4.78, 5) is 14.3. The maximum Gasteiger partial charge on any atom is 0.234 e. The molecule has 1 aliphatic rings. The van der Waals surface area contributed by atoms with E-state index < -0.39 is 0 Å². The van der Waals surface area contributed by atoms with Crippen molar-refractivity contribution >= 4 is 5.91 Å². The Kier molecular flexibility index (Phi) is 5.56. The van der Waals surface area contributed by atoms with Gasteiger partial charge in [0.2, 0.25) is 5.91 Å². The van der Waals surface area contributed by atoms with Gasteiger partial charge in [0.05, 0.1) is 12.6 Å². The van der Waals surface area contributed by atoms with E-state index >= 15 is 0 Å². The molecule has 1 aromatic carbocycles. The van der Waals surface area contributed by atoms with E-state index in [0.717, 1.165) is 38.2 Å². The predicted octanol–water partition coefficient (Wildman–Crippen LogP) is 1.47. The highest BCUT2D eigenvalue weighted by Gasteiger charge is 2.15. The quantitative estimate of drug-likeness (QED) is 0.874. The molecule has 4 nitrogen and oxygen atoms in total. The molecular formula is C16H25N3O. The van der Waals surface area contributed by atoms with Crippen LogP contribution in [0.25, 0.3) is 0 Å². The maximum absolute atomic E-state index is 12.1. The SMILES string of the molecule is Cc1cccc([C@H](C)NC(=O)CN2CCCNCC2)c1. The number of nitrogens with one attached hydrogen (secondary N) is 2. The zero-order valence-corrected chi connectivity index (χ0v) is 12.5. The second-order valence-corrected chi connectivity index (χ2v) is 5.58. The second kappa shape index (κ2) is 7.41. The number of aryl methyl sites for hydroxylation is 1. The van der Waals surface area contributed by atoms with Crippen molar-refractivity contribution in [3.8, 4) is 0 Å². The van der Waals surface area contributed by atoms with E-state index in [1.807, 2.05) is 13.0 Å². The first-order valence-corrected chi connectivity index (χ1v) is 7.44. The van der Waals surface area contributed by atoms with E-state index in [4.69, 9.17) is 0 Å². The van der Waals surface area contributed by atoms with Crippen LogP contribution < -0.4 is 10.6 Å². The summed E-state index contributed by atoms with van der Waals surface area (Å²) in [6, 6.07) is 8.36. The van der Waals surface area contributed by atoms with Gasteiger partial charge in [0, 0.05) is 13.1 Å². The Bertz CT molecular complexity index is 439. The average molecular weight is 275 g/mol. The highest BCUT2D eigenvalue weighted by molar-refractivity contribution is 5.78. The number of carbonyl (C=O) groups is 1. The highest BCUT2D eigenvalue weighted by Crippen LogP contribution is 2.13. The monoisotopic (exact) mass is 275 g/mol. The van der Waals surface area contributed by atoms with Gasteiger partial charge < -0.3 is 10.6 Å². The van der Waals surface area contributed by atoms with Crippen molar-refractivity contribution in [1.29, 1.82) is 0 Å². The van der Waals surface area contributed by atoms with Gasteiger partial charge in [0.15, 0.2) is 0 Å². The van der Waals surface area contributed by atoms with Crippen molar-refractivity contribution in [1.82, 2.24) is 15.5 Å². The van der Waals surface area contributed by atoms with Gasteiger partial charge in [-0.2, -0.15) is 0 Å². The fourth-order valence-electron chi connectivity index (χ4n) is 2.57. The molecule has 1 heterocycles. The maximum atomic E-state index is 12.1. The third-order valence-corrected chi connectivity index (χ3v) is 3.72. The van der Waals surface area contributed by atoms with Gasteiger partial charge >= 0.3 is 0 Å². The van der Waals surface area contributed by atoms with Crippen LogP contribution in [0, 0.1) is 6.92 Å². The minimum absolute atomic E-state index is 0.0625. The molecule has 1 saturated heterocycles. The number of rotatable bonds is 4. The Morgan fingerprint density at radius 1 is 1.40 bits per heavy atom. The fourth-order valence-corrected chi connectivity index (χ4v) is 2.57. The van der Waals surface area contributed by atoms with Crippen molar-refractivity contribution in [2.24, 2.45) is 0 Å². The molecule has 2 rings (SSSR count). The van der Waals surface area contributed by atoms with Gasteiger partial charge in [0.25, 0.3) is 0 Å². The molecule has 0 unspecified atom stereocenters. The number of benzene rings is 1. The lowest BCUT2D eigenvalue weighted by atomic mass is 10.1. The topological polar surface area (TPSA) is 44.4 Å². The number of carbonyl (C=O) groups excluding carboxylic acids is 1. The van der Waals surface area contributed by atoms with Crippen LogP contribution in [0.3, 0.4) is 0 Å². The van der Waals surface area contributed by atoms with Crippen LogP contribution in [0.5, 0.6) is 0 Å². The van der Waals surface area contributed by atoms with Crippen molar-refractivity contribution < 1.29 is 4.79 Å². The lowest BCUT2D eigenvalue weighted by Gasteiger charge is -2.21. The molecule has 1 atom stereocenters. The van der Waals surface area contributed by atoms with Gasteiger partial charge in [-0.1, -0.05) is 29.8 Å². The predicted molar refractivity (Wildman–Crippen MR) is 81.7 cm³/mol. The lowest BCUT2D eigenvalue weighted by Crippen LogP contribution is -2.39. The molecule has 1 aliphatic heterocycles. The Balaban J connectivity index is 1.84. The number of hydrogen-bond acceptors (Lipinski definition) is 3. The van der Waals surface area contributed by atoms with E-state index in [-0.39, 0.29) is 11.9 Å². The second-order valence-electron chi connectivity index (χ2n) is 5.58. The van der Waals surface area contributed by atoms with Crippen LogP contribution in [0.2, 0.25) is 0 Å². The third kappa shape index (κ3) is 4.62. The molecule has 1 fully saturated rings. The van der Waals surface area contributed by atoms with Crippen LogP contribution in [-0.4, -0.2) is 43.5 Å². The molecule has 110 valence electrons. The van der Waals surface area contributed by atoms with E-state index in [9.17, 15) is 4.79 Å². The van der Waals surface area contributed by atoms with E-state index in [1.165, 1.54) is 5.56 Å². The summed E-state index contributed by atoms with van der Waals surface area (Å²) in [5, 5.41) is 6.44. The van der Waals surface area contributed by atoms with E-state index in [1.54, 1.807) is 0 Å². The van der Waals surface area contributed by atoms with Gasteiger partial charge in [0.1, 0.15) is 0 Å². The minimum Gasteiger partial charge on any atom is -0.348 e. The molecule has 1 aromatic rings. The fraction of sp³-hybridized carbons (Fsp3) is 0.562. The standard InChI is InChI=1S/C16H25N3O/c1-13-5-3-6-15(11-13)14(2)18-16(20)12-19-9-4-7-17-8-10-19/h3,5-6,11,14,17H,4,7-10,12H2,1-2H3,(H,18,20)/t14-/m0/s1. The smallest absolute Gasteiger partial charge is 0.234 e. The molecule has 0 aromatic heterocycles. The minimum atomic E-state index is 0.0625. The third-order valence-electron chi connectivity index (χ3n) is 3.72.